The highest BCUT2D eigenvalue weighted by Gasteiger charge is 2.52. The molecule has 4 nitrogen and oxygen atoms in total. The lowest BCUT2D eigenvalue weighted by Gasteiger charge is -2.35. The van der Waals surface area contributed by atoms with E-state index in [1.165, 1.54) is 11.0 Å². The summed E-state index contributed by atoms with van der Waals surface area (Å²) in [5.74, 6) is 0.465. The Kier molecular flexibility index (Phi) is 1.75. The van der Waals surface area contributed by atoms with Crippen molar-refractivity contribution in [3.63, 3.8) is 0 Å². The van der Waals surface area contributed by atoms with Crippen molar-refractivity contribution < 1.29 is 22.8 Å². The first-order chi connectivity index (χ1) is 12.5. The van der Waals surface area contributed by atoms with Crippen molar-refractivity contribution in [2.75, 3.05) is 20.6 Å². The predicted molar refractivity (Wildman–Crippen MR) is 79.8 cm³/mol. The van der Waals surface area contributed by atoms with E-state index >= 15 is 0 Å². The monoisotopic (exact) mass is 293 g/mol. The minimum absolute atomic E-state index is 0.118. The molecule has 1 aliphatic carbocycles. The van der Waals surface area contributed by atoms with Crippen molar-refractivity contribution in [2.24, 2.45) is 0 Å². The number of benzene rings is 1. The second-order valence-electron chi connectivity index (χ2n) is 6.01. The van der Waals surface area contributed by atoms with Crippen LogP contribution in [0, 0.1) is 0 Å². The zero-order valence-corrected chi connectivity index (χ0v) is 11.5. The molecule has 0 saturated carbocycles. The summed E-state index contributed by atoms with van der Waals surface area (Å²) in [4.78, 5) is 1.44. The summed E-state index contributed by atoms with van der Waals surface area (Å²) in [7, 11) is -2.63. The Balaban J connectivity index is 1.87. The highest BCUT2D eigenvalue weighted by molar-refractivity contribution is 5.60. The van der Waals surface area contributed by atoms with Crippen LogP contribution in [0.5, 0.6) is 11.5 Å². The summed E-state index contributed by atoms with van der Waals surface area (Å²) in [6.07, 6.45) is 3.39. The number of rotatable bonds is 1. The SMILES string of the molecule is [2H]C([2H])([2H])Oc1ccc2c3c1O[C@H]1C[C@@H](O)C=C[C@@]31CCN(C([2H])([2H])[2H])C2. The minimum atomic E-state index is -2.63. The van der Waals surface area contributed by atoms with Crippen molar-refractivity contribution in [1.29, 1.82) is 0 Å². The van der Waals surface area contributed by atoms with Crippen LogP contribution in [0.25, 0.3) is 0 Å². The van der Waals surface area contributed by atoms with Crippen LogP contribution in [0.2, 0.25) is 0 Å². The Morgan fingerprint density at radius 1 is 1.52 bits per heavy atom. The normalized spacial score (nSPS) is 39.3. The molecule has 1 aromatic carbocycles. The van der Waals surface area contributed by atoms with Crippen molar-refractivity contribution >= 4 is 0 Å². The van der Waals surface area contributed by atoms with Gasteiger partial charge in [-0.1, -0.05) is 18.2 Å². The van der Waals surface area contributed by atoms with Gasteiger partial charge in [0.25, 0.3) is 0 Å². The summed E-state index contributed by atoms with van der Waals surface area (Å²) in [6, 6.07) is 3.24. The predicted octanol–water partition coefficient (Wildman–Crippen LogP) is 1.85. The van der Waals surface area contributed by atoms with Crippen molar-refractivity contribution in [1.82, 2.24) is 4.90 Å². The Labute approximate surface area is 133 Å². The number of aliphatic hydroxyl groups excluding tert-OH is 1. The van der Waals surface area contributed by atoms with E-state index in [1.54, 1.807) is 12.1 Å². The second kappa shape index (κ2) is 4.49. The van der Waals surface area contributed by atoms with Crippen LogP contribution >= 0.6 is 0 Å². The molecule has 21 heavy (non-hydrogen) atoms. The van der Waals surface area contributed by atoms with Gasteiger partial charge in [0, 0.05) is 22.6 Å². The van der Waals surface area contributed by atoms with Gasteiger partial charge in [-0.15, -0.1) is 0 Å². The summed E-state index contributed by atoms with van der Waals surface area (Å²) < 4.78 is 56.8. The van der Waals surface area contributed by atoms with E-state index in [0.717, 1.165) is 11.1 Å². The van der Waals surface area contributed by atoms with Crippen LogP contribution in [0.15, 0.2) is 24.3 Å². The molecule has 0 radical (unpaired) electrons. The molecule has 0 unspecified atom stereocenters. The van der Waals surface area contributed by atoms with Gasteiger partial charge in [0.05, 0.1) is 22.7 Å². The summed E-state index contributed by atoms with van der Waals surface area (Å²) in [5, 5.41) is 10.1. The molecule has 0 aromatic heterocycles. The molecule has 0 amide bonds. The van der Waals surface area contributed by atoms with Crippen molar-refractivity contribution in [3.8, 4) is 11.5 Å². The van der Waals surface area contributed by atoms with Crippen LogP contribution in [0.3, 0.4) is 0 Å². The molecule has 4 heteroatoms. The highest BCUT2D eigenvalue weighted by atomic mass is 16.5. The van der Waals surface area contributed by atoms with Crippen molar-refractivity contribution in [2.45, 2.75) is 37.0 Å². The van der Waals surface area contributed by atoms with Gasteiger partial charge in [-0.3, -0.25) is 0 Å². The van der Waals surface area contributed by atoms with Gasteiger partial charge >= 0.3 is 0 Å². The first-order valence-electron chi connectivity index (χ1n) is 10.1. The van der Waals surface area contributed by atoms with Crippen LogP contribution < -0.4 is 9.47 Å². The summed E-state index contributed by atoms with van der Waals surface area (Å²) in [6.45, 7) is -1.69. The first-order valence-corrected chi connectivity index (χ1v) is 7.14. The number of aliphatic hydroxyl groups is 1. The molecule has 0 saturated heterocycles. The van der Waals surface area contributed by atoms with E-state index in [4.69, 9.17) is 17.7 Å². The molecular weight excluding hydrogens is 266 g/mol. The number of methoxy groups -OCH3 is 1. The van der Waals surface area contributed by atoms with E-state index in [1.807, 2.05) is 6.08 Å². The fraction of sp³-hybridized carbons (Fsp3) is 0.529. The number of hydrogen-bond donors (Lipinski definition) is 1. The van der Waals surface area contributed by atoms with Gasteiger partial charge in [0.15, 0.2) is 11.5 Å². The second-order valence-corrected chi connectivity index (χ2v) is 6.01. The molecule has 112 valence electrons. The zero-order valence-electron chi connectivity index (χ0n) is 17.5. The minimum Gasteiger partial charge on any atom is -0.493 e. The highest BCUT2D eigenvalue weighted by Crippen LogP contribution is 2.55. The largest absolute Gasteiger partial charge is 0.493 e. The van der Waals surface area contributed by atoms with E-state index in [2.05, 4.69) is 0 Å². The fourth-order valence-corrected chi connectivity index (χ4v) is 3.86. The molecule has 1 N–H and O–H groups in total. The third-order valence-corrected chi connectivity index (χ3v) is 4.85. The molecule has 2 aliphatic heterocycles. The Bertz CT molecular complexity index is 790. The number of ether oxygens (including phenoxy) is 2. The average molecular weight is 293 g/mol. The van der Waals surface area contributed by atoms with Crippen LogP contribution in [0.1, 0.15) is 32.2 Å². The topological polar surface area (TPSA) is 41.9 Å². The van der Waals surface area contributed by atoms with Gasteiger partial charge in [-0.05, 0) is 31.6 Å². The summed E-state index contributed by atoms with van der Waals surface area (Å²) >= 11 is 0. The smallest absolute Gasteiger partial charge is 0.166 e. The maximum absolute atomic E-state index is 10.1. The van der Waals surface area contributed by atoms with E-state index in [0.29, 0.717) is 25.1 Å². The van der Waals surface area contributed by atoms with Crippen LogP contribution in [-0.4, -0.2) is 42.8 Å². The van der Waals surface area contributed by atoms with Crippen molar-refractivity contribution in [3.05, 3.63) is 35.4 Å². The van der Waals surface area contributed by atoms with Gasteiger partial charge in [0.1, 0.15) is 6.10 Å². The molecule has 0 bridgehead atoms. The third-order valence-electron chi connectivity index (χ3n) is 4.85. The zero-order chi connectivity index (χ0) is 19.6. The molecule has 1 spiro atoms. The van der Waals surface area contributed by atoms with E-state index < -0.39 is 31.6 Å². The average Bonchev–Trinajstić information content (AvgIpc) is 2.75. The molecule has 4 rings (SSSR count). The summed E-state index contributed by atoms with van der Waals surface area (Å²) in [5.41, 5.74) is 0.960. The Hall–Kier alpha value is -1.52. The lowest BCUT2D eigenvalue weighted by atomic mass is 9.69. The van der Waals surface area contributed by atoms with Gasteiger partial charge in [-0.2, -0.15) is 0 Å². The quantitative estimate of drug-likeness (QED) is 0.803. The van der Waals surface area contributed by atoms with E-state index in [9.17, 15) is 5.11 Å². The van der Waals surface area contributed by atoms with Gasteiger partial charge in [0.2, 0.25) is 0 Å². The van der Waals surface area contributed by atoms with E-state index in [-0.39, 0.29) is 12.3 Å². The Morgan fingerprint density at radius 3 is 3.33 bits per heavy atom. The Morgan fingerprint density at radius 2 is 2.48 bits per heavy atom. The first kappa shape index (κ1) is 8.20. The maximum atomic E-state index is 10.1. The van der Waals surface area contributed by atoms with Gasteiger partial charge in [-0.25, -0.2) is 0 Å². The van der Waals surface area contributed by atoms with Crippen LogP contribution in [0.4, 0.5) is 0 Å². The third kappa shape index (κ3) is 1.75. The standard InChI is InChI=1S/C17H21NO3/c1-18-8-7-17-6-5-12(19)9-14(17)21-16-13(20-2)4-3-11(10-18)15(16)17/h3-6,12,14,19H,7-10H2,1-2H3/t12-,14-,17-/m0/s1/i1D3,2D3. The molecule has 2 heterocycles. The maximum Gasteiger partial charge on any atom is 0.166 e. The molecule has 3 atom stereocenters. The number of nitrogens with zero attached hydrogens (tertiary/aromatic N) is 1. The molecule has 0 fully saturated rings. The lowest BCUT2D eigenvalue weighted by Crippen LogP contribution is -2.42. The van der Waals surface area contributed by atoms with Crippen LogP contribution in [-0.2, 0) is 12.0 Å². The molecular formula is C17H21NO3. The molecule has 1 aromatic rings. The number of hydrogen-bond acceptors (Lipinski definition) is 4. The van der Waals surface area contributed by atoms with Gasteiger partial charge < -0.3 is 19.5 Å². The molecule has 3 aliphatic rings. The fourth-order valence-electron chi connectivity index (χ4n) is 3.86. The lowest BCUT2D eigenvalue weighted by molar-refractivity contribution is 0.0821.